The first-order chi connectivity index (χ1) is 9.34. The van der Waals surface area contributed by atoms with E-state index < -0.39 is 0 Å². The van der Waals surface area contributed by atoms with Crippen LogP contribution in [0.15, 0.2) is 29.2 Å². The molecule has 6 heteroatoms. The highest BCUT2D eigenvalue weighted by molar-refractivity contribution is 5.35. The molecule has 0 saturated carbocycles. The third-order valence-corrected chi connectivity index (χ3v) is 3.47. The average Bonchev–Trinajstić information content (AvgIpc) is 2.78. The fourth-order valence-corrected chi connectivity index (χ4v) is 2.39. The summed E-state index contributed by atoms with van der Waals surface area (Å²) in [4.78, 5) is 12.0. The Labute approximate surface area is 111 Å². The number of aromatic nitrogens is 3. The number of pyridine rings is 1. The van der Waals surface area contributed by atoms with Crippen molar-refractivity contribution in [3.8, 4) is 0 Å². The molecular formula is C13H18N4O2. The van der Waals surface area contributed by atoms with E-state index in [-0.39, 0.29) is 5.69 Å². The molecule has 0 amide bonds. The molecule has 2 aromatic rings. The van der Waals surface area contributed by atoms with Crippen molar-refractivity contribution < 1.29 is 4.74 Å². The number of hydrogen-bond acceptors (Lipinski definition) is 4. The van der Waals surface area contributed by atoms with Gasteiger partial charge in [-0.15, -0.1) is 5.10 Å². The van der Waals surface area contributed by atoms with E-state index in [1.165, 1.54) is 4.68 Å². The Morgan fingerprint density at radius 2 is 2.21 bits per heavy atom. The van der Waals surface area contributed by atoms with E-state index in [1.807, 2.05) is 18.2 Å². The van der Waals surface area contributed by atoms with Crippen molar-refractivity contribution in [1.82, 2.24) is 19.5 Å². The molecule has 0 aromatic carbocycles. The Balaban J connectivity index is 1.62. The van der Waals surface area contributed by atoms with E-state index in [4.69, 9.17) is 4.74 Å². The van der Waals surface area contributed by atoms with Gasteiger partial charge in [-0.1, -0.05) is 6.07 Å². The molecule has 0 aliphatic carbocycles. The summed E-state index contributed by atoms with van der Waals surface area (Å²) >= 11 is 0. The van der Waals surface area contributed by atoms with Crippen molar-refractivity contribution in [3.05, 3.63) is 34.9 Å². The highest BCUT2D eigenvalue weighted by atomic mass is 16.5. The van der Waals surface area contributed by atoms with Crippen LogP contribution in [0.25, 0.3) is 5.65 Å². The van der Waals surface area contributed by atoms with Crippen molar-refractivity contribution in [2.75, 3.05) is 19.8 Å². The molecule has 6 nitrogen and oxygen atoms in total. The molecule has 2 aromatic heterocycles. The molecule has 0 bridgehead atoms. The molecule has 0 spiro atoms. The van der Waals surface area contributed by atoms with Gasteiger partial charge < -0.3 is 10.1 Å². The van der Waals surface area contributed by atoms with Crippen molar-refractivity contribution in [2.45, 2.75) is 25.4 Å². The van der Waals surface area contributed by atoms with Crippen LogP contribution >= 0.6 is 0 Å². The van der Waals surface area contributed by atoms with Crippen LogP contribution in [-0.2, 0) is 11.3 Å². The minimum absolute atomic E-state index is 0.0793. The van der Waals surface area contributed by atoms with E-state index in [2.05, 4.69) is 10.4 Å². The predicted octanol–water partition coefficient (Wildman–Crippen LogP) is 0.265. The van der Waals surface area contributed by atoms with E-state index in [9.17, 15) is 4.79 Å². The lowest BCUT2D eigenvalue weighted by molar-refractivity contribution is 0.0778. The number of nitrogens with zero attached hydrogens (tertiary/aromatic N) is 3. The minimum atomic E-state index is -0.0793. The first-order valence-electron chi connectivity index (χ1n) is 6.70. The Bertz CT molecular complexity index is 598. The van der Waals surface area contributed by atoms with Gasteiger partial charge in [-0.25, -0.2) is 9.48 Å². The molecule has 1 saturated heterocycles. The summed E-state index contributed by atoms with van der Waals surface area (Å²) in [5.41, 5.74) is 0.614. The molecular weight excluding hydrogens is 244 g/mol. The number of nitrogens with one attached hydrogen (secondary N) is 1. The second-order valence-electron chi connectivity index (χ2n) is 4.78. The van der Waals surface area contributed by atoms with Gasteiger partial charge in [-0.05, 0) is 25.0 Å². The molecule has 1 aliphatic rings. The molecule has 0 unspecified atom stereocenters. The van der Waals surface area contributed by atoms with Crippen molar-refractivity contribution in [2.24, 2.45) is 0 Å². The van der Waals surface area contributed by atoms with Crippen LogP contribution in [0.1, 0.15) is 12.8 Å². The molecule has 102 valence electrons. The lowest BCUT2D eigenvalue weighted by atomic mass is 10.1. The van der Waals surface area contributed by atoms with Crippen LogP contribution in [0.2, 0.25) is 0 Å². The highest BCUT2D eigenvalue weighted by Crippen LogP contribution is 2.05. The lowest BCUT2D eigenvalue weighted by Crippen LogP contribution is -2.37. The highest BCUT2D eigenvalue weighted by Gasteiger charge is 2.13. The van der Waals surface area contributed by atoms with Crippen LogP contribution in [0.4, 0.5) is 0 Å². The summed E-state index contributed by atoms with van der Waals surface area (Å²) in [5, 5.41) is 7.75. The second-order valence-corrected chi connectivity index (χ2v) is 4.78. The number of ether oxygens (including phenoxy) is 1. The van der Waals surface area contributed by atoms with Gasteiger partial charge in [0.2, 0.25) is 0 Å². The average molecular weight is 262 g/mol. The van der Waals surface area contributed by atoms with Gasteiger partial charge in [0.25, 0.3) is 0 Å². The zero-order valence-corrected chi connectivity index (χ0v) is 10.8. The maximum atomic E-state index is 12.0. The summed E-state index contributed by atoms with van der Waals surface area (Å²) in [6.45, 7) is 3.00. The molecule has 3 rings (SSSR count). The van der Waals surface area contributed by atoms with E-state index in [1.54, 1.807) is 10.6 Å². The molecule has 0 atom stereocenters. The second kappa shape index (κ2) is 5.54. The quantitative estimate of drug-likeness (QED) is 0.859. The van der Waals surface area contributed by atoms with Gasteiger partial charge in [-0.3, -0.25) is 4.40 Å². The Morgan fingerprint density at radius 1 is 1.37 bits per heavy atom. The number of fused-ring (bicyclic) bond motifs is 1. The third kappa shape index (κ3) is 2.69. The SMILES string of the molecule is O=c1n(CCNC2CCOCC2)nc2ccccn12. The Morgan fingerprint density at radius 3 is 3.00 bits per heavy atom. The monoisotopic (exact) mass is 262 g/mol. The van der Waals surface area contributed by atoms with Crippen LogP contribution < -0.4 is 11.0 Å². The van der Waals surface area contributed by atoms with E-state index >= 15 is 0 Å². The van der Waals surface area contributed by atoms with Gasteiger partial charge in [0.15, 0.2) is 5.65 Å². The number of hydrogen-bond donors (Lipinski definition) is 1. The smallest absolute Gasteiger partial charge is 0.350 e. The summed E-state index contributed by atoms with van der Waals surface area (Å²) in [6.07, 6.45) is 3.83. The molecule has 1 N–H and O–H groups in total. The fraction of sp³-hybridized carbons (Fsp3) is 0.538. The maximum Gasteiger partial charge on any atom is 0.350 e. The first kappa shape index (κ1) is 12.4. The molecule has 19 heavy (non-hydrogen) atoms. The van der Waals surface area contributed by atoms with Gasteiger partial charge in [0.05, 0.1) is 6.54 Å². The fourth-order valence-electron chi connectivity index (χ4n) is 2.39. The zero-order valence-electron chi connectivity index (χ0n) is 10.8. The number of rotatable bonds is 4. The van der Waals surface area contributed by atoms with Crippen LogP contribution in [-0.4, -0.2) is 40.0 Å². The maximum absolute atomic E-state index is 12.0. The Hall–Kier alpha value is -1.66. The first-order valence-corrected chi connectivity index (χ1v) is 6.70. The minimum Gasteiger partial charge on any atom is -0.381 e. The predicted molar refractivity (Wildman–Crippen MR) is 71.3 cm³/mol. The summed E-state index contributed by atoms with van der Waals surface area (Å²) in [6, 6.07) is 6.05. The van der Waals surface area contributed by atoms with Crippen molar-refractivity contribution >= 4 is 5.65 Å². The van der Waals surface area contributed by atoms with Gasteiger partial charge >= 0.3 is 5.69 Å². The molecule has 1 aliphatic heterocycles. The van der Waals surface area contributed by atoms with E-state index in [0.717, 1.165) is 32.6 Å². The van der Waals surface area contributed by atoms with Gasteiger partial charge in [-0.2, -0.15) is 0 Å². The standard InChI is InChI=1S/C13H18N4O2/c18-13-16-7-2-1-3-12(16)15-17(13)8-6-14-11-4-9-19-10-5-11/h1-3,7,11,14H,4-6,8-10H2. The zero-order chi connectivity index (χ0) is 13.1. The van der Waals surface area contributed by atoms with Gasteiger partial charge in [0, 0.05) is 32.0 Å². The third-order valence-electron chi connectivity index (χ3n) is 3.47. The van der Waals surface area contributed by atoms with Gasteiger partial charge in [0.1, 0.15) is 0 Å². The largest absolute Gasteiger partial charge is 0.381 e. The van der Waals surface area contributed by atoms with Crippen molar-refractivity contribution in [3.63, 3.8) is 0 Å². The topological polar surface area (TPSA) is 60.6 Å². The molecule has 0 radical (unpaired) electrons. The van der Waals surface area contributed by atoms with E-state index in [0.29, 0.717) is 18.2 Å². The lowest BCUT2D eigenvalue weighted by Gasteiger charge is -2.22. The van der Waals surface area contributed by atoms with Crippen LogP contribution in [0.5, 0.6) is 0 Å². The molecule has 1 fully saturated rings. The summed E-state index contributed by atoms with van der Waals surface area (Å²) in [7, 11) is 0. The summed E-state index contributed by atoms with van der Waals surface area (Å²) in [5.74, 6) is 0. The molecule has 3 heterocycles. The van der Waals surface area contributed by atoms with Crippen LogP contribution in [0.3, 0.4) is 0 Å². The normalized spacial score (nSPS) is 17.1. The Kier molecular flexibility index (Phi) is 3.61. The van der Waals surface area contributed by atoms with Crippen molar-refractivity contribution in [1.29, 1.82) is 0 Å². The summed E-state index contributed by atoms with van der Waals surface area (Å²) < 4.78 is 8.39. The van der Waals surface area contributed by atoms with Crippen LogP contribution in [0, 0.1) is 0 Å².